The van der Waals surface area contributed by atoms with E-state index in [0.717, 1.165) is 30.8 Å². The zero-order valence-corrected chi connectivity index (χ0v) is 12.1. The normalized spacial score (nSPS) is 29.3. The van der Waals surface area contributed by atoms with E-state index in [9.17, 15) is 0 Å². The van der Waals surface area contributed by atoms with Gasteiger partial charge >= 0.3 is 0 Å². The van der Waals surface area contributed by atoms with Gasteiger partial charge in [-0.25, -0.2) is 0 Å². The SMILES string of the molecule is COCCC(C)C(N)C1CCC(C(C)C)CC1. The van der Waals surface area contributed by atoms with Gasteiger partial charge in [0.1, 0.15) is 0 Å². The molecule has 1 saturated carbocycles. The van der Waals surface area contributed by atoms with Crippen LogP contribution in [0.15, 0.2) is 0 Å². The first-order valence-electron chi connectivity index (χ1n) is 7.30. The van der Waals surface area contributed by atoms with Gasteiger partial charge in [0.15, 0.2) is 0 Å². The molecular formula is C15H31NO. The second kappa shape index (κ2) is 7.38. The fourth-order valence-corrected chi connectivity index (χ4v) is 3.16. The Kier molecular flexibility index (Phi) is 6.50. The fourth-order valence-electron chi connectivity index (χ4n) is 3.16. The van der Waals surface area contributed by atoms with Crippen LogP contribution in [0.1, 0.15) is 52.9 Å². The first-order valence-corrected chi connectivity index (χ1v) is 7.30. The highest BCUT2D eigenvalue weighted by molar-refractivity contribution is 4.83. The van der Waals surface area contributed by atoms with E-state index in [1.54, 1.807) is 7.11 Å². The summed E-state index contributed by atoms with van der Waals surface area (Å²) in [6, 6.07) is 0.373. The maximum Gasteiger partial charge on any atom is 0.0465 e. The van der Waals surface area contributed by atoms with E-state index in [1.165, 1.54) is 25.7 Å². The van der Waals surface area contributed by atoms with Crippen molar-refractivity contribution in [1.29, 1.82) is 0 Å². The molecule has 1 aliphatic carbocycles. The smallest absolute Gasteiger partial charge is 0.0465 e. The van der Waals surface area contributed by atoms with Crippen LogP contribution >= 0.6 is 0 Å². The molecule has 2 N–H and O–H groups in total. The highest BCUT2D eigenvalue weighted by Crippen LogP contribution is 2.36. The lowest BCUT2D eigenvalue weighted by Gasteiger charge is -2.36. The first kappa shape index (κ1) is 15.0. The fraction of sp³-hybridized carbons (Fsp3) is 1.00. The molecule has 17 heavy (non-hydrogen) atoms. The molecule has 0 aromatic rings. The minimum Gasteiger partial charge on any atom is -0.385 e. The van der Waals surface area contributed by atoms with Crippen LogP contribution in [-0.4, -0.2) is 19.8 Å². The van der Waals surface area contributed by atoms with Crippen LogP contribution in [0.25, 0.3) is 0 Å². The summed E-state index contributed by atoms with van der Waals surface area (Å²) in [7, 11) is 1.77. The Morgan fingerprint density at radius 2 is 1.59 bits per heavy atom. The predicted molar refractivity (Wildman–Crippen MR) is 73.9 cm³/mol. The van der Waals surface area contributed by atoms with Gasteiger partial charge < -0.3 is 10.5 Å². The molecule has 0 saturated heterocycles. The van der Waals surface area contributed by atoms with Gasteiger partial charge in [0.2, 0.25) is 0 Å². The van der Waals surface area contributed by atoms with E-state index >= 15 is 0 Å². The third-order valence-electron chi connectivity index (χ3n) is 4.74. The Hall–Kier alpha value is -0.0800. The molecular weight excluding hydrogens is 210 g/mol. The topological polar surface area (TPSA) is 35.2 Å². The van der Waals surface area contributed by atoms with Gasteiger partial charge in [0.05, 0.1) is 0 Å². The molecule has 1 aliphatic rings. The van der Waals surface area contributed by atoms with Crippen molar-refractivity contribution < 1.29 is 4.74 Å². The standard InChI is InChI=1S/C15H31NO/c1-11(2)13-5-7-14(8-6-13)15(16)12(3)9-10-17-4/h11-15H,5-10,16H2,1-4H3. The zero-order chi connectivity index (χ0) is 12.8. The average Bonchev–Trinajstić information content (AvgIpc) is 2.35. The molecule has 2 unspecified atom stereocenters. The van der Waals surface area contributed by atoms with Crippen molar-refractivity contribution in [2.45, 2.75) is 58.9 Å². The predicted octanol–water partition coefficient (Wildman–Crippen LogP) is 3.45. The second-order valence-corrected chi connectivity index (χ2v) is 6.25. The van der Waals surface area contributed by atoms with E-state index in [0.29, 0.717) is 12.0 Å². The lowest BCUT2D eigenvalue weighted by atomic mass is 9.72. The lowest BCUT2D eigenvalue weighted by molar-refractivity contribution is 0.145. The largest absolute Gasteiger partial charge is 0.385 e. The summed E-state index contributed by atoms with van der Waals surface area (Å²) >= 11 is 0. The van der Waals surface area contributed by atoms with Gasteiger partial charge in [-0.05, 0) is 55.8 Å². The van der Waals surface area contributed by atoms with Gasteiger partial charge in [-0.15, -0.1) is 0 Å². The van der Waals surface area contributed by atoms with Gasteiger partial charge in [0, 0.05) is 19.8 Å². The summed E-state index contributed by atoms with van der Waals surface area (Å²) in [6.07, 6.45) is 6.53. The molecule has 0 aromatic carbocycles. The molecule has 2 atom stereocenters. The highest BCUT2D eigenvalue weighted by Gasteiger charge is 2.29. The first-order chi connectivity index (χ1) is 8.06. The van der Waals surface area contributed by atoms with Crippen molar-refractivity contribution in [3.8, 4) is 0 Å². The van der Waals surface area contributed by atoms with Crippen LogP contribution in [0, 0.1) is 23.7 Å². The molecule has 0 aliphatic heterocycles. The number of methoxy groups -OCH3 is 1. The number of ether oxygens (including phenoxy) is 1. The van der Waals surface area contributed by atoms with Crippen molar-refractivity contribution >= 4 is 0 Å². The minimum absolute atomic E-state index is 0.373. The molecule has 1 rings (SSSR count). The Morgan fingerprint density at radius 3 is 2.06 bits per heavy atom. The van der Waals surface area contributed by atoms with E-state index in [4.69, 9.17) is 10.5 Å². The van der Waals surface area contributed by atoms with Crippen LogP contribution in [0.5, 0.6) is 0 Å². The van der Waals surface area contributed by atoms with Gasteiger partial charge in [-0.1, -0.05) is 20.8 Å². The molecule has 2 heteroatoms. The van der Waals surface area contributed by atoms with E-state index in [2.05, 4.69) is 20.8 Å². The quantitative estimate of drug-likeness (QED) is 0.773. The van der Waals surface area contributed by atoms with Crippen molar-refractivity contribution in [2.24, 2.45) is 29.4 Å². The Balaban J connectivity index is 2.32. The molecule has 102 valence electrons. The molecule has 0 aromatic heterocycles. The number of hydrogen-bond acceptors (Lipinski definition) is 2. The van der Waals surface area contributed by atoms with Crippen LogP contribution < -0.4 is 5.73 Å². The van der Waals surface area contributed by atoms with Crippen LogP contribution in [-0.2, 0) is 4.74 Å². The average molecular weight is 241 g/mol. The molecule has 1 fully saturated rings. The summed E-state index contributed by atoms with van der Waals surface area (Å²) in [5.74, 6) is 3.12. The van der Waals surface area contributed by atoms with Gasteiger partial charge in [-0.2, -0.15) is 0 Å². The molecule has 2 nitrogen and oxygen atoms in total. The van der Waals surface area contributed by atoms with Crippen LogP contribution in [0.4, 0.5) is 0 Å². The van der Waals surface area contributed by atoms with Crippen molar-refractivity contribution in [1.82, 2.24) is 0 Å². The Labute approximate surface area is 107 Å². The summed E-state index contributed by atoms with van der Waals surface area (Å²) in [6.45, 7) is 7.83. The summed E-state index contributed by atoms with van der Waals surface area (Å²) in [5, 5.41) is 0. The summed E-state index contributed by atoms with van der Waals surface area (Å²) in [4.78, 5) is 0. The van der Waals surface area contributed by atoms with Crippen molar-refractivity contribution in [3.63, 3.8) is 0 Å². The maximum absolute atomic E-state index is 6.40. The number of hydrogen-bond donors (Lipinski definition) is 1. The summed E-state index contributed by atoms with van der Waals surface area (Å²) in [5.41, 5.74) is 6.40. The second-order valence-electron chi connectivity index (χ2n) is 6.25. The zero-order valence-electron chi connectivity index (χ0n) is 12.1. The minimum atomic E-state index is 0.373. The van der Waals surface area contributed by atoms with E-state index in [-0.39, 0.29) is 0 Å². The Bertz CT molecular complexity index is 197. The lowest BCUT2D eigenvalue weighted by Crippen LogP contribution is -2.39. The van der Waals surface area contributed by atoms with E-state index in [1.807, 2.05) is 0 Å². The van der Waals surface area contributed by atoms with Crippen molar-refractivity contribution in [3.05, 3.63) is 0 Å². The molecule has 0 bridgehead atoms. The monoisotopic (exact) mass is 241 g/mol. The van der Waals surface area contributed by atoms with Gasteiger partial charge in [0.25, 0.3) is 0 Å². The third kappa shape index (κ3) is 4.59. The molecule has 0 amide bonds. The number of nitrogens with two attached hydrogens (primary N) is 1. The van der Waals surface area contributed by atoms with Crippen molar-refractivity contribution in [2.75, 3.05) is 13.7 Å². The molecule has 0 radical (unpaired) electrons. The third-order valence-corrected chi connectivity index (χ3v) is 4.74. The molecule has 0 spiro atoms. The van der Waals surface area contributed by atoms with Crippen LogP contribution in [0.2, 0.25) is 0 Å². The van der Waals surface area contributed by atoms with Gasteiger partial charge in [-0.3, -0.25) is 0 Å². The number of rotatable bonds is 6. The van der Waals surface area contributed by atoms with Crippen LogP contribution in [0.3, 0.4) is 0 Å². The maximum atomic E-state index is 6.40. The summed E-state index contributed by atoms with van der Waals surface area (Å²) < 4.78 is 5.14. The molecule has 0 heterocycles. The van der Waals surface area contributed by atoms with E-state index < -0.39 is 0 Å². The highest BCUT2D eigenvalue weighted by atomic mass is 16.5. The Morgan fingerprint density at radius 1 is 1.06 bits per heavy atom.